The molecule has 0 amide bonds. The molecule has 4 heteroatoms. The number of hydrogen-bond donors (Lipinski definition) is 1. The van der Waals surface area contributed by atoms with Gasteiger partial charge in [0, 0.05) is 6.54 Å². The number of hydrogen-bond acceptors (Lipinski definition) is 3. The first-order valence-corrected chi connectivity index (χ1v) is 8.06. The minimum atomic E-state index is 0.0509. The number of aromatic nitrogens is 2. The summed E-state index contributed by atoms with van der Waals surface area (Å²) in [5.74, 6) is 2.33. The lowest BCUT2D eigenvalue weighted by Crippen LogP contribution is -2.28. The van der Waals surface area contributed by atoms with Crippen molar-refractivity contribution in [1.29, 1.82) is 0 Å². The van der Waals surface area contributed by atoms with E-state index in [9.17, 15) is 0 Å². The SMILES string of the molecule is CCCC1CCC(C(N)c2c(OC)cnn2CC)CC1. The maximum absolute atomic E-state index is 6.55. The molecule has 1 heterocycles. The van der Waals surface area contributed by atoms with Gasteiger partial charge in [-0.2, -0.15) is 5.10 Å². The largest absolute Gasteiger partial charge is 0.493 e. The molecule has 1 saturated carbocycles. The maximum atomic E-state index is 6.55. The highest BCUT2D eigenvalue weighted by atomic mass is 16.5. The minimum absolute atomic E-state index is 0.0509. The first-order chi connectivity index (χ1) is 9.71. The van der Waals surface area contributed by atoms with Crippen LogP contribution in [-0.2, 0) is 6.54 Å². The Morgan fingerprint density at radius 1 is 1.35 bits per heavy atom. The number of nitrogens with two attached hydrogens (primary N) is 1. The fourth-order valence-electron chi connectivity index (χ4n) is 3.59. The van der Waals surface area contributed by atoms with Crippen LogP contribution in [0.4, 0.5) is 0 Å². The van der Waals surface area contributed by atoms with Gasteiger partial charge < -0.3 is 10.5 Å². The molecule has 2 rings (SSSR count). The van der Waals surface area contributed by atoms with Crippen LogP contribution >= 0.6 is 0 Å². The normalized spacial score (nSPS) is 24.6. The number of ether oxygens (including phenoxy) is 1. The molecular weight excluding hydrogens is 250 g/mol. The van der Waals surface area contributed by atoms with Crippen LogP contribution in [0.25, 0.3) is 0 Å². The van der Waals surface area contributed by atoms with E-state index in [0.717, 1.165) is 23.9 Å². The second-order valence-electron chi connectivity index (χ2n) is 6.01. The number of aryl methyl sites for hydroxylation is 1. The Balaban J connectivity index is 2.05. The van der Waals surface area contributed by atoms with Crippen LogP contribution in [0.3, 0.4) is 0 Å². The number of nitrogens with zero attached hydrogens (tertiary/aromatic N) is 2. The Labute approximate surface area is 122 Å². The standard InChI is InChI=1S/C16H29N3O/c1-4-6-12-7-9-13(10-8-12)15(17)16-14(20-3)11-18-19(16)5-2/h11-13,15H,4-10,17H2,1-3H3. The monoisotopic (exact) mass is 279 g/mol. The van der Waals surface area contributed by atoms with Crippen molar-refractivity contribution in [2.24, 2.45) is 17.6 Å². The predicted octanol–water partition coefficient (Wildman–Crippen LogP) is 3.52. The van der Waals surface area contributed by atoms with Gasteiger partial charge in [-0.15, -0.1) is 0 Å². The molecular formula is C16H29N3O. The third-order valence-electron chi connectivity index (χ3n) is 4.78. The summed E-state index contributed by atoms with van der Waals surface area (Å²) in [5.41, 5.74) is 7.62. The summed E-state index contributed by atoms with van der Waals surface area (Å²) in [6.45, 7) is 5.22. The molecule has 0 aliphatic heterocycles. The maximum Gasteiger partial charge on any atom is 0.161 e. The predicted molar refractivity (Wildman–Crippen MR) is 81.7 cm³/mol. The molecule has 1 aromatic rings. The summed E-state index contributed by atoms with van der Waals surface area (Å²) < 4.78 is 7.42. The molecule has 0 spiro atoms. The van der Waals surface area contributed by atoms with E-state index in [2.05, 4.69) is 18.9 Å². The second-order valence-corrected chi connectivity index (χ2v) is 6.01. The highest BCUT2D eigenvalue weighted by Crippen LogP contribution is 2.39. The second kappa shape index (κ2) is 7.11. The van der Waals surface area contributed by atoms with Crippen LogP contribution in [0.1, 0.15) is 64.1 Å². The minimum Gasteiger partial charge on any atom is -0.493 e. The van der Waals surface area contributed by atoms with Crippen molar-refractivity contribution in [2.75, 3.05) is 7.11 Å². The molecule has 1 unspecified atom stereocenters. The zero-order valence-electron chi connectivity index (χ0n) is 13.1. The summed E-state index contributed by atoms with van der Waals surface area (Å²) in [5, 5.41) is 4.38. The average molecular weight is 279 g/mol. The van der Waals surface area contributed by atoms with Crippen molar-refractivity contribution in [1.82, 2.24) is 9.78 Å². The third kappa shape index (κ3) is 3.17. The van der Waals surface area contributed by atoms with E-state index < -0.39 is 0 Å². The van der Waals surface area contributed by atoms with Gasteiger partial charge in [0.2, 0.25) is 0 Å². The Bertz CT molecular complexity index is 386. The highest BCUT2D eigenvalue weighted by molar-refractivity contribution is 5.28. The van der Waals surface area contributed by atoms with Crippen molar-refractivity contribution in [3.8, 4) is 5.75 Å². The summed E-state index contributed by atoms with van der Waals surface area (Å²) >= 11 is 0. The molecule has 1 aliphatic rings. The molecule has 1 fully saturated rings. The van der Waals surface area contributed by atoms with E-state index in [1.807, 2.05) is 4.68 Å². The lowest BCUT2D eigenvalue weighted by atomic mass is 9.76. The van der Waals surface area contributed by atoms with Gasteiger partial charge in [-0.1, -0.05) is 32.6 Å². The summed E-state index contributed by atoms with van der Waals surface area (Å²) in [6, 6.07) is 0.0509. The van der Waals surface area contributed by atoms with Crippen LogP contribution in [0, 0.1) is 11.8 Å². The van der Waals surface area contributed by atoms with Crippen LogP contribution in [0.2, 0.25) is 0 Å². The zero-order valence-corrected chi connectivity index (χ0v) is 13.1. The molecule has 4 nitrogen and oxygen atoms in total. The summed E-state index contributed by atoms with van der Waals surface area (Å²) in [7, 11) is 1.70. The van der Waals surface area contributed by atoms with Gasteiger partial charge in [0.05, 0.1) is 25.0 Å². The molecule has 1 aliphatic carbocycles. The van der Waals surface area contributed by atoms with Crippen molar-refractivity contribution >= 4 is 0 Å². The lowest BCUT2D eigenvalue weighted by Gasteiger charge is -2.32. The molecule has 20 heavy (non-hydrogen) atoms. The summed E-state index contributed by atoms with van der Waals surface area (Å²) in [6.07, 6.45) is 9.61. The topological polar surface area (TPSA) is 53.1 Å². The van der Waals surface area contributed by atoms with Crippen LogP contribution < -0.4 is 10.5 Å². The van der Waals surface area contributed by atoms with Gasteiger partial charge >= 0.3 is 0 Å². The van der Waals surface area contributed by atoms with Gasteiger partial charge in [0.15, 0.2) is 5.75 Å². The van der Waals surface area contributed by atoms with E-state index in [-0.39, 0.29) is 6.04 Å². The molecule has 2 N–H and O–H groups in total. The van der Waals surface area contributed by atoms with Crippen molar-refractivity contribution in [3.63, 3.8) is 0 Å². The summed E-state index contributed by atoms with van der Waals surface area (Å²) in [4.78, 5) is 0. The molecule has 0 aromatic carbocycles. The third-order valence-corrected chi connectivity index (χ3v) is 4.78. The Hall–Kier alpha value is -1.03. The molecule has 1 aromatic heterocycles. The molecule has 0 radical (unpaired) electrons. The van der Waals surface area contributed by atoms with Crippen LogP contribution in [0.15, 0.2) is 6.20 Å². The van der Waals surface area contributed by atoms with Crippen molar-refractivity contribution in [2.45, 2.75) is 65.0 Å². The zero-order chi connectivity index (χ0) is 14.5. The highest BCUT2D eigenvalue weighted by Gasteiger charge is 2.29. The van der Waals surface area contributed by atoms with E-state index in [0.29, 0.717) is 5.92 Å². The quantitative estimate of drug-likeness (QED) is 0.867. The van der Waals surface area contributed by atoms with E-state index in [1.165, 1.54) is 38.5 Å². The Morgan fingerprint density at radius 3 is 2.60 bits per heavy atom. The van der Waals surface area contributed by atoms with Crippen molar-refractivity contribution < 1.29 is 4.74 Å². The van der Waals surface area contributed by atoms with E-state index in [4.69, 9.17) is 10.5 Å². The van der Waals surface area contributed by atoms with Crippen molar-refractivity contribution in [3.05, 3.63) is 11.9 Å². The van der Waals surface area contributed by atoms with E-state index >= 15 is 0 Å². The fourth-order valence-corrected chi connectivity index (χ4v) is 3.59. The first-order valence-electron chi connectivity index (χ1n) is 8.06. The van der Waals surface area contributed by atoms with Gasteiger partial charge in [-0.25, -0.2) is 0 Å². The van der Waals surface area contributed by atoms with Crippen LogP contribution in [0.5, 0.6) is 5.75 Å². The smallest absolute Gasteiger partial charge is 0.161 e. The molecule has 0 saturated heterocycles. The van der Waals surface area contributed by atoms with Crippen LogP contribution in [-0.4, -0.2) is 16.9 Å². The Kier molecular flexibility index (Phi) is 5.46. The van der Waals surface area contributed by atoms with Gasteiger partial charge in [0.1, 0.15) is 0 Å². The fraction of sp³-hybridized carbons (Fsp3) is 0.812. The first kappa shape index (κ1) is 15.4. The average Bonchev–Trinajstić information content (AvgIpc) is 2.90. The Morgan fingerprint density at radius 2 is 2.05 bits per heavy atom. The number of rotatable bonds is 6. The molecule has 114 valence electrons. The van der Waals surface area contributed by atoms with Gasteiger partial charge in [-0.3, -0.25) is 4.68 Å². The molecule has 0 bridgehead atoms. The van der Waals surface area contributed by atoms with Gasteiger partial charge in [0.25, 0.3) is 0 Å². The lowest BCUT2D eigenvalue weighted by molar-refractivity contribution is 0.227. The molecule has 1 atom stereocenters. The van der Waals surface area contributed by atoms with Gasteiger partial charge in [-0.05, 0) is 31.6 Å². The number of methoxy groups -OCH3 is 1. The van der Waals surface area contributed by atoms with E-state index in [1.54, 1.807) is 13.3 Å².